The number of likely N-dealkylation sites (N-methyl/N-ethyl adjacent to an activating group) is 1. The van der Waals surface area contributed by atoms with E-state index in [9.17, 15) is 22.4 Å². The average molecular weight is 367 g/mol. The third-order valence-electron chi connectivity index (χ3n) is 3.79. The van der Waals surface area contributed by atoms with Gasteiger partial charge in [0.25, 0.3) is 0 Å². The van der Waals surface area contributed by atoms with Gasteiger partial charge in [-0.25, -0.2) is 4.39 Å². The molecule has 1 N–H and O–H groups in total. The van der Waals surface area contributed by atoms with Crippen LogP contribution in [0.5, 0.6) is 5.75 Å². The van der Waals surface area contributed by atoms with Crippen LogP contribution in [0, 0.1) is 12.7 Å². The molecule has 2 rings (SSSR count). The molecule has 0 radical (unpaired) electrons. The number of hydrogen-bond donors (Lipinski definition) is 1. The number of halogens is 4. The maximum atomic E-state index is 14.1. The van der Waals surface area contributed by atoms with Crippen molar-refractivity contribution in [2.24, 2.45) is 0 Å². The van der Waals surface area contributed by atoms with Gasteiger partial charge in [-0.3, -0.25) is 4.79 Å². The highest BCUT2D eigenvalue weighted by Gasteiger charge is 2.31. The predicted octanol–water partition coefficient (Wildman–Crippen LogP) is 4.85. The number of rotatable bonds is 4. The van der Waals surface area contributed by atoms with E-state index >= 15 is 0 Å². The van der Waals surface area contributed by atoms with E-state index in [1.165, 1.54) is 49.5 Å². The number of benzene rings is 2. The Morgan fingerprint density at radius 1 is 1.15 bits per heavy atom. The van der Waals surface area contributed by atoms with Gasteiger partial charge in [-0.2, -0.15) is 0 Å². The standard InChI is InChI=1S/C19H17F4NO2/c1-11(8-18(25)24-3)16-9-14(20)10-17(12(16)2)13-4-6-15(7-5-13)26-19(21,22)23/h4-10H,1-3H3,(H,24,25)/b11-8+. The second-order valence-corrected chi connectivity index (χ2v) is 5.64. The molecule has 0 saturated carbocycles. The van der Waals surface area contributed by atoms with Crippen LogP contribution >= 0.6 is 0 Å². The van der Waals surface area contributed by atoms with Crippen molar-refractivity contribution >= 4 is 11.5 Å². The Kier molecular flexibility index (Phi) is 5.69. The van der Waals surface area contributed by atoms with Crippen molar-refractivity contribution < 1.29 is 27.1 Å². The van der Waals surface area contributed by atoms with Gasteiger partial charge in [0.15, 0.2) is 0 Å². The van der Waals surface area contributed by atoms with Crippen molar-refractivity contribution in [3.63, 3.8) is 0 Å². The van der Waals surface area contributed by atoms with E-state index in [1.807, 2.05) is 0 Å². The highest BCUT2D eigenvalue weighted by atomic mass is 19.4. The molecule has 2 aromatic carbocycles. The van der Waals surface area contributed by atoms with Crippen LogP contribution < -0.4 is 10.1 Å². The lowest BCUT2D eigenvalue weighted by molar-refractivity contribution is -0.274. The molecule has 1 amide bonds. The lowest BCUT2D eigenvalue weighted by atomic mass is 9.92. The van der Waals surface area contributed by atoms with Crippen molar-refractivity contribution in [2.75, 3.05) is 7.05 Å². The van der Waals surface area contributed by atoms with Gasteiger partial charge in [0.1, 0.15) is 11.6 Å². The van der Waals surface area contributed by atoms with Crippen molar-refractivity contribution in [3.05, 3.63) is 59.4 Å². The summed E-state index contributed by atoms with van der Waals surface area (Å²) in [7, 11) is 1.49. The molecule has 0 aliphatic heterocycles. The number of amides is 1. The van der Waals surface area contributed by atoms with Crippen LogP contribution in [0.3, 0.4) is 0 Å². The Morgan fingerprint density at radius 2 is 1.77 bits per heavy atom. The predicted molar refractivity (Wildman–Crippen MR) is 91.0 cm³/mol. The largest absolute Gasteiger partial charge is 0.573 e. The lowest BCUT2D eigenvalue weighted by Gasteiger charge is -2.14. The molecule has 0 unspecified atom stereocenters. The minimum Gasteiger partial charge on any atom is -0.406 e. The minimum absolute atomic E-state index is 0.318. The number of alkyl halides is 3. The van der Waals surface area contributed by atoms with Crippen LogP contribution in [0.4, 0.5) is 17.6 Å². The number of allylic oxidation sites excluding steroid dienone is 1. The zero-order valence-corrected chi connectivity index (χ0v) is 14.4. The first kappa shape index (κ1) is 19.5. The number of carbonyl (C=O) groups is 1. The average Bonchev–Trinajstić information content (AvgIpc) is 2.55. The fraction of sp³-hybridized carbons (Fsp3) is 0.211. The maximum absolute atomic E-state index is 14.1. The Balaban J connectivity index is 2.44. The van der Waals surface area contributed by atoms with Gasteiger partial charge in [0, 0.05) is 13.1 Å². The topological polar surface area (TPSA) is 38.3 Å². The summed E-state index contributed by atoms with van der Waals surface area (Å²) in [6.45, 7) is 3.44. The van der Waals surface area contributed by atoms with E-state index in [-0.39, 0.29) is 11.7 Å². The van der Waals surface area contributed by atoms with E-state index in [0.29, 0.717) is 27.8 Å². The molecule has 7 heteroatoms. The van der Waals surface area contributed by atoms with Crippen LogP contribution in [-0.2, 0) is 4.79 Å². The van der Waals surface area contributed by atoms with Gasteiger partial charge >= 0.3 is 6.36 Å². The monoisotopic (exact) mass is 367 g/mol. The van der Waals surface area contributed by atoms with Crippen LogP contribution in [0.25, 0.3) is 16.7 Å². The fourth-order valence-corrected chi connectivity index (χ4v) is 2.57. The molecule has 0 atom stereocenters. The third-order valence-corrected chi connectivity index (χ3v) is 3.79. The number of hydrogen-bond acceptors (Lipinski definition) is 2. The summed E-state index contributed by atoms with van der Waals surface area (Å²) < 4.78 is 54.6. The molecule has 0 heterocycles. The van der Waals surface area contributed by atoms with Gasteiger partial charge in [-0.1, -0.05) is 12.1 Å². The first-order valence-corrected chi connectivity index (χ1v) is 7.67. The SMILES string of the molecule is CNC(=O)/C=C(\C)c1cc(F)cc(-c2ccc(OC(F)(F)F)cc2)c1C. The summed E-state index contributed by atoms with van der Waals surface area (Å²) in [6, 6.07) is 7.79. The molecule has 26 heavy (non-hydrogen) atoms. The lowest BCUT2D eigenvalue weighted by Crippen LogP contribution is -2.16. The molecule has 0 spiro atoms. The van der Waals surface area contributed by atoms with Crippen molar-refractivity contribution in [2.45, 2.75) is 20.2 Å². The molecule has 3 nitrogen and oxygen atoms in total. The van der Waals surface area contributed by atoms with Gasteiger partial charge in [-0.05, 0) is 65.9 Å². The zero-order valence-electron chi connectivity index (χ0n) is 14.4. The van der Waals surface area contributed by atoms with E-state index in [2.05, 4.69) is 10.1 Å². The number of ether oxygens (including phenoxy) is 1. The van der Waals surface area contributed by atoms with E-state index in [1.54, 1.807) is 13.8 Å². The van der Waals surface area contributed by atoms with Gasteiger partial charge in [-0.15, -0.1) is 13.2 Å². The smallest absolute Gasteiger partial charge is 0.406 e. The molecule has 0 aliphatic rings. The summed E-state index contributed by atoms with van der Waals surface area (Å²) in [6.07, 6.45) is -3.42. The minimum atomic E-state index is -4.77. The van der Waals surface area contributed by atoms with Crippen molar-refractivity contribution in [1.82, 2.24) is 5.32 Å². The Hall–Kier alpha value is -2.83. The summed E-state index contributed by atoms with van der Waals surface area (Å²) >= 11 is 0. The van der Waals surface area contributed by atoms with E-state index in [0.717, 1.165) is 0 Å². The maximum Gasteiger partial charge on any atom is 0.573 e. The van der Waals surface area contributed by atoms with E-state index < -0.39 is 12.2 Å². The Labute approximate surface area is 148 Å². The summed E-state index contributed by atoms with van der Waals surface area (Å²) in [5, 5.41) is 2.46. The van der Waals surface area contributed by atoms with Crippen LogP contribution in [0.2, 0.25) is 0 Å². The second-order valence-electron chi connectivity index (χ2n) is 5.64. The molecule has 0 aromatic heterocycles. The fourth-order valence-electron chi connectivity index (χ4n) is 2.57. The Bertz CT molecular complexity index is 840. The molecule has 0 bridgehead atoms. The molecule has 138 valence electrons. The van der Waals surface area contributed by atoms with Crippen molar-refractivity contribution in [1.29, 1.82) is 0 Å². The molecule has 0 aliphatic carbocycles. The van der Waals surface area contributed by atoms with Crippen LogP contribution in [0.1, 0.15) is 18.1 Å². The van der Waals surface area contributed by atoms with Gasteiger partial charge in [0.05, 0.1) is 0 Å². The van der Waals surface area contributed by atoms with Gasteiger partial charge in [0.2, 0.25) is 5.91 Å². The molecular weight excluding hydrogens is 350 g/mol. The van der Waals surface area contributed by atoms with Crippen LogP contribution in [0.15, 0.2) is 42.5 Å². The number of carbonyl (C=O) groups excluding carboxylic acids is 1. The molecule has 0 saturated heterocycles. The van der Waals surface area contributed by atoms with Crippen LogP contribution in [-0.4, -0.2) is 19.3 Å². The molecular formula is C19H17F4NO2. The summed E-state index contributed by atoms with van der Waals surface area (Å²) in [5.41, 5.74) is 2.86. The highest BCUT2D eigenvalue weighted by Crippen LogP contribution is 2.32. The first-order valence-electron chi connectivity index (χ1n) is 7.67. The summed E-state index contributed by atoms with van der Waals surface area (Å²) in [4.78, 5) is 11.5. The number of nitrogens with one attached hydrogen (secondary N) is 1. The van der Waals surface area contributed by atoms with E-state index in [4.69, 9.17) is 0 Å². The summed E-state index contributed by atoms with van der Waals surface area (Å²) in [5.74, 6) is -1.19. The normalized spacial score (nSPS) is 12.0. The quantitative estimate of drug-likeness (QED) is 0.620. The van der Waals surface area contributed by atoms with Crippen molar-refractivity contribution in [3.8, 4) is 16.9 Å². The Morgan fingerprint density at radius 3 is 2.31 bits per heavy atom. The van der Waals surface area contributed by atoms with Gasteiger partial charge < -0.3 is 10.1 Å². The first-order chi connectivity index (χ1) is 12.1. The molecule has 0 fully saturated rings. The third kappa shape index (κ3) is 4.84. The zero-order chi connectivity index (χ0) is 19.5. The molecule has 2 aromatic rings. The highest BCUT2D eigenvalue weighted by molar-refractivity contribution is 5.95. The second kappa shape index (κ2) is 7.59.